The van der Waals surface area contributed by atoms with Crippen molar-refractivity contribution in [3.8, 4) is 0 Å². The fraction of sp³-hybridized carbons (Fsp3) is 0.571. The molecule has 0 fully saturated rings. The molecule has 0 heterocycles. The highest BCUT2D eigenvalue weighted by Gasteiger charge is 2.37. The molecule has 19 heavy (non-hydrogen) atoms. The van der Waals surface area contributed by atoms with Gasteiger partial charge in [0.2, 0.25) is 0 Å². The van der Waals surface area contributed by atoms with Crippen LogP contribution < -0.4 is 0 Å². The van der Waals surface area contributed by atoms with Crippen molar-refractivity contribution in [3.63, 3.8) is 0 Å². The number of hydrogen-bond donors (Lipinski definition) is 0. The third kappa shape index (κ3) is 3.60. The van der Waals surface area contributed by atoms with Crippen LogP contribution in [0.15, 0.2) is 24.3 Å². The van der Waals surface area contributed by atoms with Crippen molar-refractivity contribution >= 4 is 23.4 Å². The highest BCUT2D eigenvalue weighted by molar-refractivity contribution is 8.00. The molecule has 1 aromatic carbocycles. The highest BCUT2D eigenvalue weighted by atomic mass is 35.5. The number of halogens is 4. The molecule has 0 N–H and O–H groups in total. The second kappa shape index (κ2) is 5.96. The molecule has 0 radical (unpaired) electrons. The number of hydrogen-bond acceptors (Lipinski definition) is 1. The summed E-state index contributed by atoms with van der Waals surface area (Å²) in [6, 6.07) is 8.01. The monoisotopic (exact) mass is 308 g/mol. The van der Waals surface area contributed by atoms with E-state index in [0.717, 1.165) is 24.8 Å². The Kier molecular flexibility index (Phi) is 4.72. The van der Waals surface area contributed by atoms with Crippen LogP contribution in [0.5, 0.6) is 0 Å². The summed E-state index contributed by atoms with van der Waals surface area (Å²) in [4.78, 5) is 0. The Morgan fingerprint density at radius 2 is 2.00 bits per heavy atom. The van der Waals surface area contributed by atoms with E-state index in [-0.39, 0.29) is 22.9 Å². The average molecular weight is 309 g/mol. The lowest BCUT2D eigenvalue weighted by Crippen LogP contribution is -2.33. The number of rotatable bonds is 4. The van der Waals surface area contributed by atoms with Gasteiger partial charge in [-0.1, -0.05) is 36.0 Å². The van der Waals surface area contributed by atoms with Gasteiger partial charge in [-0.15, -0.1) is 11.6 Å². The van der Waals surface area contributed by atoms with E-state index >= 15 is 0 Å². The molecule has 106 valence electrons. The van der Waals surface area contributed by atoms with E-state index in [4.69, 9.17) is 11.6 Å². The first-order valence-electron chi connectivity index (χ1n) is 6.32. The van der Waals surface area contributed by atoms with Crippen molar-refractivity contribution in [2.75, 3.05) is 11.6 Å². The molecule has 5 heteroatoms. The van der Waals surface area contributed by atoms with E-state index in [9.17, 15) is 13.2 Å². The van der Waals surface area contributed by atoms with Crippen LogP contribution in [0.25, 0.3) is 0 Å². The van der Waals surface area contributed by atoms with Gasteiger partial charge in [0.1, 0.15) is 0 Å². The fourth-order valence-corrected chi connectivity index (χ4v) is 3.97. The Morgan fingerprint density at radius 1 is 1.26 bits per heavy atom. The number of thioether (sulfide) groups is 1. The number of fused-ring (bicyclic) bond motifs is 1. The summed E-state index contributed by atoms with van der Waals surface area (Å²) in [5.41, 5.74) is -2.04. The van der Waals surface area contributed by atoms with Crippen LogP contribution in [-0.4, -0.2) is 17.1 Å². The fourth-order valence-electron chi connectivity index (χ4n) is 2.83. The number of alkyl halides is 4. The summed E-state index contributed by atoms with van der Waals surface area (Å²) in [5.74, 6) is 0.465. The minimum Gasteiger partial charge on any atom is -0.160 e. The summed E-state index contributed by atoms with van der Waals surface area (Å²) in [6.07, 6.45) is 3.37. The van der Waals surface area contributed by atoms with E-state index in [1.54, 1.807) is 0 Å². The van der Waals surface area contributed by atoms with Gasteiger partial charge >= 0.3 is 5.51 Å². The molecule has 0 amide bonds. The topological polar surface area (TPSA) is 0 Å². The lowest BCUT2D eigenvalue weighted by Gasteiger charge is -2.38. The standard InChI is InChI=1S/C14H16ClF3S/c15-10-13(8-9-19-14(16,17)18)7-3-5-11-4-1-2-6-12(11)13/h1-2,4,6H,3,5,7-10H2. The van der Waals surface area contributed by atoms with Gasteiger partial charge in [0, 0.05) is 17.0 Å². The minimum atomic E-state index is -4.15. The first-order valence-corrected chi connectivity index (χ1v) is 7.84. The molecular formula is C14H16ClF3S. The molecule has 1 aromatic rings. The quantitative estimate of drug-likeness (QED) is 0.694. The van der Waals surface area contributed by atoms with Crippen molar-refractivity contribution in [1.29, 1.82) is 0 Å². The highest BCUT2D eigenvalue weighted by Crippen LogP contribution is 2.43. The van der Waals surface area contributed by atoms with Crippen molar-refractivity contribution in [3.05, 3.63) is 35.4 Å². The molecule has 0 spiro atoms. The van der Waals surface area contributed by atoms with Crippen LogP contribution in [0.1, 0.15) is 30.4 Å². The van der Waals surface area contributed by atoms with Crippen LogP contribution in [0, 0.1) is 0 Å². The Bertz CT molecular complexity index is 433. The molecule has 2 rings (SSSR count). The summed E-state index contributed by atoms with van der Waals surface area (Å²) >= 11 is 6.18. The summed E-state index contributed by atoms with van der Waals surface area (Å²) in [7, 11) is 0. The first-order chi connectivity index (χ1) is 8.97. The van der Waals surface area contributed by atoms with Crippen molar-refractivity contribution in [2.24, 2.45) is 0 Å². The summed E-state index contributed by atoms with van der Waals surface area (Å²) in [5, 5.41) is 0. The van der Waals surface area contributed by atoms with Crippen LogP contribution in [0.4, 0.5) is 13.2 Å². The zero-order valence-electron chi connectivity index (χ0n) is 10.5. The normalized spacial score (nSPS) is 23.2. The Hall–Kier alpha value is -0.350. The van der Waals surface area contributed by atoms with E-state index in [0.29, 0.717) is 12.3 Å². The zero-order chi connectivity index (χ0) is 13.9. The predicted octanol–water partition coefficient (Wildman–Crippen LogP) is 5.14. The van der Waals surface area contributed by atoms with Gasteiger partial charge in [0.25, 0.3) is 0 Å². The van der Waals surface area contributed by atoms with Gasteiger partial charge in [0.05, 0.1) is 0 Å². The molecule has 1 atom stereocenters. The molecular weight excluding hydrogens is 293 g/mol. The lowest BCUT2D eigenvalue weighted by atomic mass is 9.69. The molecule has 1 unspecified atom stereocenters. The van der Waals surface area contributed by atoms with Crippen molar-refractivity contribution in [2.45, 2.75) is 36.6 Å². The van der Waals surface area contributed by atoms with Crippen LogP contribution >= 0.6 is 23.4 Å². The first kappa shape index (κ1) is 15.0. The maximum Gasteiger partial charge on any atom is 0.441 e. The number of benzene rings is 1. The van der Waals surface area contributed by atoms with Gasteiger partial charge in [0.15, 0.2) is 0 Å². The second-order valence-corrected chi connectivity index (χ2v) is 6.40. The molecule has 0 aromatic heterocycles. The maximum atomic E-state index is 12.3. The maximum absolute atomic E-state index is 12.3. The largest absolute Gasteiger partial charge is 0.441 e. The molecule has 0 aliphatic heterocycles. The Labute approximate surface area is 120 Å². The van der Waals surface area contributed by atoms with Gasteiger partial charge < -0.3 is 0 Å². The third-order valence-electron chi connectivity index (χ3n) is 3.79. The van der Waals surface area contributed by atoms with Gasteiger partial charge in [-0.3, -0.25) is 0 Å². The lowest BCUT2D eigenvalue weighted by molar-refractivity contribution is -0.0328. The Balaban J connectivity index is 2.15. The molecule has 0 saturated carbocycles. The molecule has 0 nitrogen and oxygen atoms in total. The van der Waals surface area contributed by atoms with Crippen molar-refractivity contribution in [1.82, 2.24) is 0 Å². The van der Waals surface area contributed by atoms with Crippen LogP contribution in [0.2, 0.25) is 0 Å². The summed E-state index contributed by atoms with van der Waals surface area (Å²) in [6.45, 7) is 0. The molecule has 1 aliphatic rings. The smallest absolute Gasteiger partial charge is 0.160 e. The van der Waals surface area contributed by atoms with E-state index < -0.39 is 5.51 Å². The van der Waals surface area contributed by atoms with E-state index in [1.807, 2.05) is 18.2 Å². The Morgan fingerprint density at radius 3 is 2.68 bits per heavy atom. The zero-order valence-corrected chi connectivity index (χ0v) is 12.0. The van der Waals surface area contributed by atoms with E-state index in [1.165, 1.54) is 5.56 Å². The number of aryl methyl sites for hydroxylation is 1. The second-order valence-electron chi connectivity index (χ2n) is 4.97. The van der Waals surface area contributed by atoms with Crippen molar-refractivity contribution < 1.29 is 13.2 Å². The summed E-state index contributed by atoms with van der Waals surface area (Å²) < 4.78 is 36.8. The van der Waals surface area contributed by atoms with E-state index in [2.05, 4.69) is 6.07 Å². The third-order valence-corrected chi connectivity index (χ3v) is 5.04. The van der Waals surface area contributed by atoms with Crippen LogP contribution in [0.3, 0.4) is 0 Å². The minimum absolute atomic E-state index is 0.0572. The average Bonchev–Trinajstić information content (AvgIpc) is 2.37. The van der Waals surface area contributed by atoms with Gasteiger partial charge in [-0.25, -0.2) is 0 Å². The SMILES string of the molecule is FC(F)(F)SCCC1(CCl)CCCc2ccccc21. The van der Waals surface area contributed by atoms with Gasteiger partial charge in [-0.2, -0.15) is 13.2 Å². The molecule has 0 saturated heterocycles. The molecule has 0 bridgehead atoms. The predicted molar refractivity (Wildman–Crippen MR) is 74.9 cm³/mol. The molecule has 1 aliphatic carbocycles. The van der Waals surface area contributed by atoms with Crippen LogP contribution in [-0.2, 0) is 11.8 Å². The van der Waals surface area contributed by atoms with Gasteiger partial charge in [-0.05, 0) is 36.8 Å².